The lowest BCUT2D eigenvalue weighted by molar-refractivity contribution is 0.0602. The van der Waals surface area contributed by atoms with E-state index in [0.717, 1.165) is 48.5 Å². The molecule has 3 heterocycles. The monoisotopic (exact) mass is 348 g/mol. The van der Waals surface area contributed by atoms with Crippen LogP contribution in [0.25, 0.3) is 10.2 Å². The Labute approximate surface area is 148 Å². The predicted molar refractivity (Wildman–Crippen MR) is 101 cm³/mol. The zero-order valence-corrected chi connectivity index (χ0v) is 15.7. The number of hydrogen-bond donors (Lipinski definition) is 1. The van der Waals surface area contributed by atoms with Crippen molar-refractivity contribution in [2.45, 2.75) is 25.3 Å². The molecule has 5 nitrogen and oxygen atoms in total. The molecule has 0 unspecified atom stereocenters. The Morgan fingerprint density at radius 3 is 2.96 bits per heavy atom. The van der Waals surface area contributed by atoms with Gasteiger partial charge in [-0.05, 0) is 71.0 Å². The fourth-order valence-corrected chi connectivity index (χ4v) is 4.23. The number of carbonyl (C=O) groups is 1. The third-order valence-corrected chi connectivity index (χ3v) is 5.76. The number of fused-ring (bicyclic) bond motifs is 1. The quantitative estimate of drug-likeness (QED) is 0.873. The molecule has 0 aromatic carbocycles. The first kappa shape index (κ1) is 17.5. The molecule has 1 N–H and O–H groups in total. The minimum atomic E-state index is 0.143. The number of hydrogen-bond acceptors (Lipinski definition) is 4. The molecule has 0 aliphatic carbocycles. The summed E-state index contributed by atoms with van der Waals surface area (Å²) in [5.41, 5.74) is 1.80. The Morgan fingerprint density at radius 2 is 2.21 bits per heavy atom. The number of rotatable bonds is 6. The molecule has 0 saturated carbocycles. The van der Waals surface area contributed by atoms with Gasteiger partial charge in [-0.2, -0.15) is 0 Å². The standard InChI is InChI=1S/C18H28N4OS/c1-20(2)8-5-9-21(3)14-6-4-10-22(13-14)18(23)16-12-17-15(19-16)7-11-24-17/h7,11-12,14,19H,4-6,8-10,13H2,1-3H3/t14-/m0/s1. The summed E-state index contributed by atoms with van der Waals surface area (Å²) in [5, 5.41) is 2.05. The van der Waals surface area contributed by atoms with Crippen LogP contribution in [0.2, 0.25) is 0 Å². The number of piperidine rings is 1. The maximum absolute atomic E-state index is 12.8. The molecule has 1 aliphatic rings. The lowest BCUT2D eigenvalue weighted by Gasteiger charge is -2.37. The van der Waals surface area contributed by atoms with Crippen LogP contribution < -0.4 is 0 Å². The van der Waals surface area contributed by atoms with Gasteiger partial charge in [-0.15, -0.1) is 11.3 Å². The van der Waals surface area contributed by atoms with E-state index < -0.39 is 0 Å². The van der Waals surface area contributed by atoms with Gasteiger partial charge in [0.1, 0.15) is 5.69 Å². The van der Waals surface area contributed by atoms with Crippen molar-refractivity contribution in [2.75, 3.05) is 47.3 Å². The summed E-state index contributed by atoms with van der Waals surface area (Å²) in [6.45, 7) is 3.90. The second-order valence-corrected chi connectivity index (χ2v) is 8.01. The Hall–Kier alpha value is -1.37. The van der Waals surface area contributed by atoms with Crippen LogP contribution in [0.5, 0.6) is 0 Å². The number of likely N-dealkylation sites (N-methyl/N-ethyl adjacent to an activating group) is 1. The van der Waals surface area contributed by atoms with E-state index in [9.17, 15) is 4.79 Å². The molecule has 0 bridgehead atoms. The van der Waals surface area contributed by atoms with Gasteiger partial charge in [-0.25, -0.2) is 0 Å². The molecule has 1 aliphatic heterocycles. The second kappa shape index (κ2) is 7.68. The molecule has 3 rings (SSSR count). The van der Waals surface area contributed by atoms with Gasteiger partial charge in [-0.3, -0.25) is 4.79 Å². The second-order valence-electron chi connectivity index (χ2n) is 7.07. The summed E-state index contributed by atoms with van der Waals surface area (Å²) in [7, 11) is 6.42. The van der Waals surface area contributed by atoms with Crippen LogP contribution in [0.15, 0.2) is 17.5 Å². The first-order chi connectivity index (χ1) is 11.5. The normalized spacial score (nSPS) is 18.9. The molecule has 2 aromatic heterocycles. The molecule has 2 aromatic rings. The fourth-order valence-electron chi connectivity index (χ4n) is 3.45. The zero-order valence-electron chi connectivity index (χ0n) is 14.9. The van der Waals surface area contributed by atoms with Gasteiger partial charge in [0.05, 0.1) is 10.2 Å². The van der Waals surface area contributed by atoms with Crippen LogP contribution in [0, 0.1) is 0 Å². The third-order valence-electron chi connectivity index (χ3n) is 4.89. The average molecular weight is 349 g/mol. The maximum Gasteiger partial charge on any atom is 0.270 e. The highest BCUT2D eigenvalue weighted by molar-refractivity contribution is 7.17. The molecule has 1 fully saturated rings. The summed E-state index contributed by atoms with van der Waals surface area (Å²) in [6, 6.07) is 4.50. The van der Waals surface area contributed by atoms with Gasteiger partial charge in [-0.1, -0.05) is 0 Å². The van der Waals surface area contributed by atoms with Crippen LogP contribution in [-0.4, -0.2) is 79.0 Å². The Kier molecular flexibility index (Phi) is 5.58. The highest BCUT2D eigenvalue weighted by Gasteiger charge is 2.27. The number of amides is 1. The lowest BCUT2D eigenvalue weighted by atomic mass is 10.0. The van der Waals surface area contributed by atoms with E-state index in [1.54, 1.807) is 11.3 Å². The van der Waals surface area contributed by atoms with Crippen LogP contribution in [0.4, 0.5) is 0 Å². The van der Waals surface area contributed by atoms with Crippen molar-refractivity contribution in [3.05, 3.63) is 23.2 Å². The van der Waals surface area contributed by atoms with Gasteiger partial charge < -0.3 is 19.7 Å². The number of thiophene rings is 1. The molecule has 6 heteroatoms. The highest BCUT2D eigenvalue weighted by Crippen LogP contribution is 2.23. The van der Waals surface area contributed by atoms with E-state index in [1.807, 2.05) is 17.0 Å². The first-order valence-corrected chi connectivity index (χ1v) is 9.63. The topological polar surface area (TPSA) is 42.6 Å². The summed E-state index contributed by atoms with van der Waals surface area (Å²) in [4.78, 5) is 22.7. The van der Waals surface area contributed by atoms with Gasteiger partial charge in [0.15, 0.2) is 0 Å². The number of aromatic nitrogens is 1. The largest absolute Gasteiger partial charge is 0.350 e. The molecule has 0 radical (unpaired) electrons. The van der Waals surface area contributed by atoms with E-state index in [2.05, 4.69) is 41.3 Å². The minimum Gasteiger partial charge on any atom is -0.350 e. The van der Waals surface area contributed by atoms with Crippen LogP contribution in [0.3, 0.4) is 0 Å². The number of nitrogens with one attached hydrogen (secondary N) is 1. The Bertz CT molecular complexity index is 649. The molecule has 1 atom stereocenters. The van der Waals surface area contributed by atoms with Crippen molar-refractivity contribution < 1.29 is 4.79 Å². The smallest absolute Gasteiger partial charge is 0.270 e. The van der Waals surface area contributed by atoms with Gasteiger partial charge >= 0.3 is 0 Å². The van der Waals surface area contributed by atoms with Gasteiger partial charge in [0.2, 0.25) is 0 Å². The number of H-pyrrole nitrogens is 1. The SMILES string of the molecule is CN(C)CCCN(C)[C@H]1CCCN(C(=O)c2cc3sccc3[nH]2)C1. The highest BCUT2D eigenvalue weighted by atomic mass is 32.1. The average Bonchev–Trinajstić information content (AvgIpc) is 3.15. The molecule has 132 valence electrons. The van der Waals surface area contributed by atoms with Crippen molar-refractivity contribution >= 4 is 27.5 Å². The molecule has 1 amide bonds. The van der Waals surface area contributed by atoms with Crippen LogP contribution in [-0.2, 0) is 0 Å². The van der Waals surface area contributed by atoms with Crippen LogP contribution >= 0.6 is 11.3 Å². The number of nitrogens with zero attached hydrogens (tertiary/aromatic N) is 3. The van der Waals surface area contributed by atoms with E-state index in [-0.39, 0.29) is 5.91 Å². The summed E-state index contributed by atoms with van der Waals surface area (Å²) < 4.78 is 1.16. The summed E-state index contributed by atoms with van der Waals surface area (Å²) in [5.74, 6) is 0.143. The van der Waals surface area contributed by atoms with Gasteiger partial charge in [0.25, 0.3) is 5.91 Å². The maximum atomic E-state index is 12.8. The summed E-state index contributed by atoms with van der Waals surface area (Å²) in [6.07, 6.45) is 3.44. The van der Waals surface area contributed by atoms with Crippen molar-refractivity contribution in [1.82, 2.24) is 19.7 Å². The Morgan fingerprint density at radius 1 is 1.38 bits per heavy atom. The van der Waals surface area contributed by atoms with E-state index in [0.29, 0.717) is 6.04 Å². The van der Waals surface area contributed by atoms with Crippen molar-refractivity contribution in [2.24, 2.45) is 0 Å². The molecule has 0 spiro atoms. The number of carbonyl (C=O) groups excluding carboxylic acids is 1. The van der Waals surface area contributed by atoms with Crippen molar-refractivity contribution in [1.29, 1.82) is 0 Å². The van der Waals surface area contributed by atoms with E-state index in [4.69, 9.17) is 0 Å². The third kappa shape index (κ3) is 3.99. The van der Waals surface area contributed by atoms with Crippen molar-refractivity contribution in [3.63, 3.8) is 0 Å². The summed E-state index contributed by atoms with van der Waals surface area (Å²) >= 11 is 1.67. The minimum absolute atomic E-state index is 0.143. The molecule has 1 saturated heterocycles. The number of likely N-dealkylation sites (tertiary alicyclic amines) is 1. The lowest BCUT2D eigenvalue weighted by Crippen LogP contribution is -2.49. The van der Waals surface area contributed by atoms with Crippen molar-refractivity contribution in [3.8, 4) is 0 Å². The zero-order chi connectivity index (χ0) is 17.1. The molecular weight excluding hydrogens is 320 g/mol. The predicted octanol–water partition coefficient (Wildman–Crippen LogP) is 2.72. The number of aromatic amines is 1. The van der Waals surface area contributed by atoms with Gasteiger partial charge in [0, 0.05) is 19.1 Å². The first-order valence-electron chi connectivity index (χ1n) is 8.75. The Balaban J connectivity index is 1.58. The molecular formula is C18H28N4OS. The van der Waals surface area contributed by atoms with E-state index >= 15 is 0 Å². The van der Waals surface area contributed by atoms with Crippen LogP contribution in [0.1, 0.15) is 29.8 Å². The fraction of sp³-hybridized carbons (Fsp3) is 0.611. The molecule has 24 heavy (non-hydrogen) atoms. The van der Waals surface area contributed by atoms with E-state index in [1.165, 1.54) is 12.8 Å².